The molecule has 2 amide bonds. The third-order valence-electron chi connectivity index (χ3n) is 3.97. The third-order valence-corrected chi connectivity index (χ3v) is 3.97. The fourth-order valence-corrected chi connectivity index (χ4v) is 2.70. The smallest absolute Gasteiger partial charge is 0.243 e. The highest BCUT2D eigenvalue weighted by atomic mass is 16.2. The first-order valence-electron chi connectivity index (χ1n) is 7.93. The number of nitrogens with two attached hydrogens (primary N) is 1. The lowest BCUT2D eigenvalue weighted by Gasteiger charge is -2.35. The summed E-state index contributed by atoms with van der Waals surface area (Å²) in [5.41, 5.74) is 5.72. The lowest BCUT2D eigenvalue weighted by atomic mass is 10.00. The molecule has 1 saturated heterocycles. The minimum Gasteiger partial charge on any atom is -0.350 e. The third kappa shape index (κ3) is 4.78. The lowest BCUT2D eigenvalue weighted by Crippen LogP contribution is -2.54. The van der Waals surface area contributed by atoms with E-state index >= 15 is 0 Å². The van der Waals surface area contributed by atoms with Crippen molar-refractivity contribution in [3.8, 4) is 0 Å². The molecule has 1 aliphatic rings. The first-order valence-corrected chi connectivity index (χ1v) is 7.93. The number of hydrogen-bond donors (Lipinski definition) is 2. The summed E-state index contributed by atoms with van der Waals surface area (Å²) in [7, 11) is 0. The van der Waals surface area contributed by atoms with Crippen LogP contribution in [0.2, 0.25) is 0 Å². The molecule has 1 aliphatic heterocycles. The average Bonchev–Trinajstić information content (AvgIpc) is 2.50. The van der Waals surface area contributed by atoms with Crippen LogP contribution in [0.4, 0.5) is 0 Å². The summed E-state index contributed by atoms with van der Waals surface area (Å²) >= 11 is 0. The summed E-state index contributed by atoms with van der Waals surface area (Å²) < 4.78 is 0. The molecule has 1 fully saturated rings. The van der Waals surface area contributed by atoms with Crippen molar-refractivity contribution in [1.29, 1.82) is 0 Å². The molecule has 1 heterocycles. The van der Waals surface area contributed by atoms with Crippen molar-refractivity contribution in [3.05, 3.63) is 0 Å². The molecule has 5 nitrogen and oxygen atoms in total. The molecule has 3 N–H and O–H groups in total. The Hall–Kier alpha value is -1.10. The van der Waals surface area contributed by atoms with Crippen molar-refractivity contribution in [2.75, 3.05) is 13.1 Å². The van der Waals surface area contributed by atoms with Gasteiger partial charge in [-0.3, -0.25) is 9.59 Å². The fraction of sp³-hybridized carbons (Fsp3) is 0.867. The number of nitrogens with one attached hydrogen (secondary N) is 1. The van der Waals surface area contributed by atoms with Crippen LogP contribution < -0.4 is 11.1 Å². The van der Waals surface area contributed by atoms with E-state index in [0.717, 1.165) is 38.5 Å². The second-order valence-corrected chi connectivity index (χ2v) is 5.54. The van der Waals surface area contributed by atoms with Gasteiger partial charge in [0, 0.05) is 25.6 Å². The number of carbonyl (C=O) groups excluding carboxylic acids is 2. The fourth-order valence-electron chi connectivity index (χ4n) is 2.70. The Morgan fingerprint density at radius 2 is 2.10 bits per heavy atom. The normalized spacial score (nSPS) is 20.6. The van der Waals surface area contributed by atoms with Crippen LogP contribution in [-0.4, -0.2) is 41.9 Å². The highest BCUT2D eigenvalue weighted by molar-refractivity contribution is 5.88. The molecule has 0 bridgehead atoms. The molecule has 0 saturated carbocycles. The van der Waals surface area contributed by atoms with Crippen molar-refractivity contribution < 1.29 is 9.59 Å². The van der Waals surface area contributed by atoms with Crippen LogP contribution in [0.1, 0.15) is 58.8 Å². The zero-order chi connectivity index (χ0) is 15.0. The van der Waals surface area contributed by atoms with Gasteiger partial charge in [-0.25, -0.2) is 0 Å². The first kappa shape index (κ1) is 17.0. The molecular formula is C15H29N3O2. The van der Waals surface area contributed by atoms with Crippen molar-refractivity contribution >= 4 is 11.8 Å². The van der Waals surface area contributed by atoms with Crippen molar-refractivity contribution in [2.24, 2.45) is 5.73 Å². The Labute approximate surface area is 122 Å². The van der Waals surface area contributed by atoms with Crippen LogP contribution in [0.3, 0.4) is 0 Å². The Morgan fingerprint density at radius 1 is 1.35 bits per heavy atom. The largest absolute Gasteiger partial charge is 0.350 e. The van der Waals surface area contributed by atoms with Gasteiger partial charge in [0.05, 0.1) is 0 Å². The van der Waals surface area contributed by atoms with Crippen LogP contribution in [0.15, 0.2) is 0 Å². The van der Waals surface area contributed by atoms with Gasteiger partial charge in [0.15, 0.2) is 0 Å². The number of carbonyl (C=O) groups is 2. The number of likely N-dealkylation sites (tertiary alicyclic amines) is 1. The first-order chi connectivity index (χ1) is 9.63. The van der Waals surface area contributed by atoms with E-state index < -0.39 is 0 Å². The number of hydrogen-bond acceptors (Lipinski definition) is 3. The van der Waals surface area contributed by atoms with E-state index in [0.29, 0.717) is 19.5 Å². The zero-order valence-electron chi connectivity index (χ0n) is 12.9. The van der Waals surface area contributed by atoms with Gasteiger partial charge >= 0.3 is 0 Å². The molecule has 0 aliphatic carbocycles. The zero-order valence-corrected chi connectivity index (χ0v) is 12.9. The minimum atomic E-state index is -0.299. The highest BCUT2D eigenvalue weighted by Gasteiger charge is 2.31. The molecule has 1 rings (SSSR count). The van der Waals surface area contributed by atoms with E-state index in [2.05, 4.69) is 12.2 Å². The molecule has 2 unspecified atom stereocenters. The van der Waals surface area contributed by atoms with Crippen molar-refractivity contribution in [2.45, 2.75) is 70.9 Å². The highest BCUT2D eigenvalue weighted by Crippen LogP contribution is 2.18. The van der Waals surface area contributed by atoms with Crippen LogP contribution in [-0.2, 0) is 9.59 Å². The van der Waals surface area contributed by atoms with Gasteiger partial charge in [-0.2, -0.15) is 0 Å². The number of piperidine rings is 1. The molecule has 0 radical (unpaired) electrons. The maximum absolute atomic E-state index is 12.4. The molecule has 116 valence electrons. The van der Waals surface area contributed by atoms with E-state index in [-0.39, 0.29) is 23.9 Å². The van der Waals surface area contributed by atoms with Crippen LogP contribution in [0.25, 0.3) is 0 Å². The van der Waals surface area contributed by atoms with Gasteiger partial charge in [-0.15, -0.1) is 0 Å². The van der Waals surface area contributed by atoms with Gasteiger partial charge in [0.1, 0.15) is 6.04 Å². The van der Waals surface area contributed by atoms with Gasteiger partial charge in [0.25, 0.3) is 0 Å². The maximum atomic E-state index is 12.4. The topological polar surface area (TPSA) is 75.4 Å². The summed E-state index contributed by atoms with van der Waals surface area (Å²) in [6.45, 7) is 5.13. The Kier molecular flexibility index (Phi) is 7.59. The SMILES string of the molecule is CCCCC(CN)NC(=O)C1CCCCN1C(=O)CC. The molecule has 0 aromatic rings. The van der Waals surface area contributed by atoms with Crippen molar-refractivity contribution in [3.63, 3.8) is 0 Å². The van der Waals surface area contributed by atoms with Crippen LogP contribution in [0.5, 0.6) is 0 Å². The summed E-state index contributed by atoms with van der Waals surface area (Å²) in [5, 5.41) is 3.02. The van der Waals surface area contributed by atoms with E-state index in [9.17, 15) is 9.59 Å². The van der Waals surface area contributed by atoms with Gasteiger partial charge in [-0.1, -0.05) is 26.7 Å². The summed E-state index contributed by atoms with van der Waals surface area (Å²) in [4.78, 5) is 26.1. The second-order valence-electron chi connectivity index (χ2n) is 5.54. The number of unbranched alkanes of at least 4 members (excludes halogenated alkanes) is 1. The number of rotatable bonds is 7. The minimum absolute atomic E-state index is 0.0296. The van der Waals surface area contributed by atoms with Crippen LogP contribution in [0, 0.1) is 0 Å². The summed E-state index contributed by atoms with van der Waals surface area (Å²) in [6, 6.07) is -0.269. The average molecular weight is 283 g/mol. The molecule has 0 aromatic heterocycles. The Bertz CT molecular complexity index is 320. The molecule has 20 heavy (non-hydrogen) atoms. The summed E-state index contributed by atoms with van der Waals surface area (Å²) in [6.07, 6.45) is 6.29. The predicted molar refractivity (Wildman–Crippen MR) is 80.2 cm³/mol. The standard InChI is InChI=1S/C15H29N3O2/c1-3-5-8-12(11-16)17-15(20)13-9-6-7-10-18(13)14(19)4-2/h12-13H,3-11,16H2,1-2H3,(H,17,20). The van der Waals surface area contributed by atoms with Crippen molar-refractivity contribution in [1.82, 2.24) is 10.2 Å². The quantitative estimate of drug-likeness (QED) is 0.742. The van der Waals surface area contributed by atoms with Gasteiger partial charge < -0.3 is 16.0 Å². The van der Waals surface area contributed by atoms with Gasteiger partial charge in [-0.05, 0) is 25.7 Å². The monoisotopic (exact) mass is 283 g/mol. The second kappa shape index (κ2) is 8.95. The number of amides is 2. The van der Waals surface area contributed by atoms with E-state index in [4.69, 9.17) is 5.73 Å². The molecule has 2 atom stereocenters. The predicted octanol–water partition coefficient (Wildman–Crippen LogP) is 1.41. The van der Waals surface area contributed by atoms with E-state index in [1.165, 1.54) is 0 Å². The Morgan fingerprint density at radius 3 is 2.70 bits per heavy atom. The number of nitrogens with zero attached hydrogens (tertiary/aromatic N) is 1. The lowest BCUT2D eigenvalue weighted by molar-refractivity contribution is -0.142. The molecule has 0 spiro atoms. The van der Waals surface area contributed by atoms with Crippen LogP contribution >= 0.6 is 0 Å². The maximum Gasteiger partial charge on any atom is 0.243 e. The van der Waals surface area contributed by atoms with E-state index in [1.807, 2.05) is 6.92 Å². The molecular weight excluding hydrogens is 254 g/mol. The Balaban J connectivity index is 2.60. The summed E-state index contributed by atoms with van der Waals surface area (Å²) in [5.74, 6) is 0.0424. The molecule has 5 heteroatoms. The van der Waals surface area contributed by atoms with Gasteiger partial charge in [0.2, 0.25) is 11.8 Å². The van der Waals surface area contributed by atoms with E-state index in [1.54, 1.807) is 4.90 Å². The molecule has 0 aromatic carbocycles.